The van der Waals surface area contributed by atoms with Gasteiger partial charge in [0.15, 0.2) is 0 Å². The molecule has 0 aliphatic rings. The smallest absolute Gasteiger partial charge is 0.337 e. The predicted octanol–water partition coefficient (Wildman–Crippen LogP) is 0.0500. The van der Waals surface area contributed by atoms with Crippen LogP contribution in [0, 0.1) is 0 Å². The Hall–Kier alpha value is 0.01000. The number of halogens is 2. The molecule has 5 heteroatoms. The summed E-state index contributed by atoms with van der Waals surface area (Å²) >= 11 is 9.56. The van der Waals surface area contributed by atoms with Crippen LogP contribution in [0.15, 0.2) is 0 Å². The van der Waals surface area contributed by atoms with Crippen molar-refractivity contribution in [3.63, 3.8) is 0 Å². The van der Waals surface area contributed by atoms with Gasteiger partial charge in [-0.3, -0.25) is 0 Å². The fourth-order valence-corrected chi connectivity index (χ4v) is 0. The van der Waals surface area contributed by atoms with E-state index in [9.17, 15) is 4.79 Å². The number of carbonyl (C=O) groups is 1. The third kappa shape index (κ3) is 6.01. The lowest BCUT2D eigenvalue weighted by Crippen LogP contribution is -2.03. The van der Waals surface area contributed by atoms with E-state index in [1.54, 1.807) is 0 Å². The molecule has 0 aromatic rings. The Bertz CT molecular complexity index is 62.0. The third-order valence-corrected chi connectivity index (χ3v) is 0.560. The van der Waals surface area contributed by atoms with E-state index in [0.717, 1.165) is 0 Å². The van der Waals surface area contributed by atoms with Crippen molar-refractivity contribution >= 4 is 29.2 Å². The summed E-state index contributed by atoms with van der Waals surface area (Å²) in [7, 11) is 0. The van der Waals surface area contributed by atoms with Crippen molar-refractivity contribution in [2.24, 2.45) is 0 Å². The molecule has 0 aliphatic heterocycles. The molecule has 0 amide bonds. The number of aliphatic carboxylic acids is 1. The molecule has 0 radical (unpaired) electrons. The zero-order valence-corrected chi connectivity index (χ0v) is 4.70. The van der Waals surface area contributed by atoms with E-state index in [1.807, 2.05) is 0 Å². The van der Waals surface area contributed by atoms with Crippen LogP contribution in [-0.2, 0) is 4.79 Å². The van der Waals surface area contributed by atoms with Gasteiger partial charge in [-0.15, -0.1) is 0 Å². The summed E-state index contributed by atoms with van der Waals surface area (Å²) in [5.74, 6) is -1.21. The van der Waals surface area contributed by atoms with Crippen LogP contribution in [0.2, 0.25) is 0 Å². The first-order valence-corrected chi connectivity index (χ1v) is 2.03. The first-order chi connectivity index (χ1) is 2.64. The fourth-order valence-electron chi connectivity index (χ4n) is 0. The largest absolute Gasteiger partial charge is 0.479 e. The second kappa shape index (κ2) is 4.18. The van der Waals surface area contributed by atoms with E-state index < -0.39 is 10.8 Å². The molecule has 44 valence electrons. The number of alkyl halides is 2. The van der Waals surface area contributed by atoms with Gasteiger partial charge < -0.3 is 10.6 Å². The Morgan fingerprint density at radius 3 is 1.71 bits per heavy atom. The predicted molar refractivity (Wildman–Crippen MR) is 26.7 cm³/mol. The average Bonchev–Trinajstić information content (AvgIpc) is 1.36. The van der Waals surface area contributed by atoms with E-state index in [4.69, 9.17) is 28.3 Å². The monoisotopic (exact) mass is 146 g/mol. The molecule has 0 heterocycles. The number of carboxylic acid groups (broad SMARTS) is 1. The Kier molecular flexibility index (Phi) is 6.02. The van der Waals surface area contributed by atoms with Gasteiger partial charge in [0, 0.05) is 0 Å². The molecule has 0 fully saturated rings. The van der Waals surface area contributed by atoms with Gasteiger partial charge in [-0.25, -0.2) is 4.79 Å². The highest BCUT2D eigenvalue weighted by atomic mass is 35.5. The van der Waals surface area contributed by atoms with Gasteiger partial charge in [0.25, 0.3) is 0 Å². The summed E-state index contributed by atoms with van der Waals surface area (Å²) in [4.78, 5) is 8.15. The Balaban J connectivity index is 0. The van der Waals surface area contributed by atoms with Crippen LogP contribution >= 0.6 is 23.2 Å². The summed E-state index contributed by atoms with van der Waals surface area (Å²) in [6, 6.07) is 0. The highest BCUT2D eigenvalue weighted by molar-refractivity contribution is 6.52. The van der Waals surface area contributed by atoms with E-state index in [0.29, 0.717) is 0 Å². The molecule has 7 heavy (non-hydrogen) atoms. The Morgan fingerprint density at radius 1 is 1.57 bits per heavy atom. The first-order valence-electron chi connectivity index (χ1n) is 1.15. The molecule has 0 atom stereocenters. The molecule has 0 saturated carbocycles. The topological polar surface area (TPSA) is 68.8 Å². The molecule has 0 aliphatic carbocycles. The molecule has 3 N–H and O–H groups in total. The molecular weight excluding hydrogens is 143 g/mol. The average molecular weight is 147 g/mol. The van der Waals surface area contributed by atoms with Gasteiger partial charge >= 0.3 is 5.97 Å². The molecule has 0 spiro atoms. The minimum atomic E-state index is -1.29. The van der Waals surface area contributed by atoms with Crippen LogP contribution in [0.3, 0.4) is 0 Å². The lowest BCUT2D eigenvalue weighted by Gasteiger charge is -1.84. The summed E-state index contributed by atoms with van der Waals surface area (Å²) in [5.41, 5.74) is 0. The van der Waals surface area contributed by atoms with Crippen LogP contribution in [0.5, 0.6) is 0 Å². The van der Waals surface area contributed by atoms with Crippen molar-refractivity contribution in [3.05, 3.63) is 0 Å². The summed E-state index contributed by atoms with van der Waals surface area (Å²) in [6.45, 7) is 0. The lowest BCUT2D eigenvalue weighted by atomic mass is 10.8. The number of hydrogen-bond acceptors (Lipinski definition) is 1. The lowest BCUT2D eigenvalue weighted by molar-refractivity contribution is -0.135. The zero-order valence-electron chi connectivity index (χ0n) is 3.19. The first kappa shape index (κ1) is 10.1. The molecular formula is C2H4Cl2O3. The highest BCUT2D eigenvalue weighted by Crippen LogP contribution is 1.98. The fraction of sp³-hybridized carbons (Fsp3) is 0.500. The maximum atomic E-state index is 9.44. The van der Waals surface area contributed by atoms with Gasteiger partial charge in [-0.05, 0) is 0 Å². The quantitative estimate of drug-likeness (QED) is 0.532. The second-order valence-corrected chi connectivity index (χ2v) is 1.74. The van der Waals surface area contributed by atoms with Crippen LogP contribution in [0.25, 0.3) is 0 Å². The van der Waals surface area contributed by atoms with Crippen LogP contribution in [0.1, 0.15) is 0 Å². The zero-order chi connectivity index (χ0) is 5.15. The van der Waals surface area contributed by atoms with Gasteiger partial charge in [0.1, 0.15) is 0 Å². The molecule has 0 saturated heterocycles. The maximum absolute atomic E-state index is 9.44. The van der Waals surface area contributed by atoms with Crippen molar-refractivity contribution in [3.8, 4) is 0 Å². The van der Waals surface area contributed by atoms with Crippen molar-refractivity contribution in [2.75, 3.05) is 0 Å². The van der Waals surface area contributed by atoms with Gasteiger partial charge in [0.05, 0.1) is 0 Å². The van der Waals surface area contributed by atoms with Gasteiger partial charge in [0.2, 0.25) is 4.84 Å². The molecule has 0 rings (SSSR count). The van der Waals surface area contributed by atoms with E-state index >= 15 is 0 Å². The summed E-state index contributed by atoms with van der Waals surface area (Å²) < 4.78 is 0. The minimum absolute atomic E-state index is 0. The Morgan fingerprint density at radius 2 is 1.71 bits per heavy atom. The van der Waals surface area contributed by atoms with Crippen molar-refractivity contribution < 1.29 is 15.4 Å². The maximum Gasteiger partial charge on any atom is 0.337 e. The van der Waals surface area contributed by atoms with Crippen molar-refractivity contribution in [1.29, 1.82) is 0 Å². The third-order valence-electron chi connectivity index (χ3n) is 0.187. The molecule has 0 bridgehead atoms. The number of carboxylic acids is 1. The van der Waals surface area contributed by atoms with E-state index in [2.05, 4.69) is 0 Å². The molecule has 0 unspecified atom stereocenters. The minimum Gasteiger partial charge on any atom is -0.479 e. The highest BCUT2D eigenvalue weighted by Gasteiger charge is 2.05. The van der Waals surface area contributed by atoms with Crippen LogP contribution in [0.4, 0.5) is 0 Å². The van der Waals surface area contributed by atoms with E-state index in [-0.39, 0.29) is 5.48 Å². The molecule has 0 aromatic carbocycles. The van der Waals surface area contributed by atoms with E-state index in [1.165, 1.54) is 0 Å². The van der Waals surface area contributed by atoms with Crippen molar-refractivity contribution in [2.45, 2.75) is 4.84 Å². The second-order valence-electron chi connectivity index (χ2n) is 0.639. The van der Waals surface area contributed by atoms with Crippen molar-refractivity contribution in [1.82, 2.24) is 0 Å². The SMILES string of the molecule is O.O=C(O)C(Cl)Cl. The summed E-state index contributed by atoms with van der Waals surface area (Å²) in [6.07, 6.45) is 0. The summed E-state index contributed by atoms with van der Waals surface area (Å²) in [5, 5.41) is 7.73. The standard InChI is InChI=1S/C2H2Cl2O2.H2O/c3-1(4)2(5)6;/h1H,(H,5,6);1H2. The van der Waals surface area contributed by atoms with Crippen LogP contribution < -0.4 is 0 Å². The molecule has 0 aromatic heterocycles. The Labute approximate surface area is 50.1 Å². The number of hydrogen-bond donors (Lipinski definition) is 1. The van der Waals surface area contributed by atoms with Crippen LogP contribution in [-0.4, -0.2) is 21.4 Å². The molecule has 3 nitrogen and oxygen atoms in total. The normalized spacial score (nSPS) is 7.86. The van der Waals surface area contributed by atoms with Gasteiger partial charge in [-0.2, -0.15) is 0 Å². The number of rotatable bonds is 1. The van der Waals surface area contributed by atoms with Gasteiger partial charge in [-0.1, -0.05) is 23.2 Å².